The molecule has 1 spiro atoms. The maximum atomic E-state index is 14.5. The molecule has 1 aromatic carbocycles. The topological polar surface area (TPSA) is 90.4 Å². The van der Waals surface area contributed by atoms with Gasteiger partial charge in [-0.25, -0.2) is 0 Å². The maximum absolute atomic E-state index is 14.5. The van der Waals surface area contributed by atoms with E-state index in [2.05, 4.69) is 6.08 Å². The molecular weight excluding hydrogens is 514 g/mol. The molecular formula is C30H39N3O5S. The number of ether oxygens (including phenoxy) is 1. The lowest BCUT2D eigenvalue weighted by Crippen LogP contribution is -2.57. The number of benzene rings is 1. The smallest absolute Gasteiger partial charge is 0.247 e. The lowest BCUT2D eigenvalue weighted by atomic mass is 9.74. The highest BCUT2D eigenvalue weighted by Gasteiger charge is 2.74. The molecule has 2 fully saturated rings. The van der Waals surface area contributed by atoms with Crippen LogP contribution in [0.2, 0.25) is 0 Å². The van der Waals surface area contributed by atoms with Gasteiger partial charge < -0.3 is 24.5 Å². The fourth-order valence-electron chi connectivity index (χ4n) is 6.87. The van der Waals surface area contributed by atoms with Crippen molar-refractivity contribution >= 4 is 35.2 Å². The fraction of sp³-hybridized carbons (Fsp3) is 0.567. The summed E-state index contributed by atoms with van der Waals surface area (Å²) in [6.07, 6.45) is 8.59. The van der Waals surface area contributed by atoms with E-state index in [1.807, 2.05) is 77.1 Å². The molecule has 0 aliphatic carbocycles. The summed E-state index contributed by atoms with van der Waals surface area (Å²) < 4.78 is 3.99. The third-order valence-corrected chi connectivity index (χ3v) is 10.5. The summed E-state index contributed by atoms with van der Waals surface area (Å²) in [4.78, 5) is 48.3. The van der Waals surface area contributed by atoms with Crippen LogP contribution in [-0.2, 0) is 14.4 Å². The minimum atomic E-state index is -0.915. The number of anilines is 1. The predicted molar refractivity (Wildman–Crippen MR) is 153 cm³/mol. The van der Waals surface area contributed by atoms with Crippen molar-refractivity contribution in [1.29, 1.82) is 0 Å². The average molecular weight is 554 g/mol. The number of rotatable bonds is 7. The van der Waals surface area contributed by atoms with Crippen LogP contribution in [0.15, 0.2) is 48.6 Å². The monoisotopic (exact) mass is 553 g/mol. The van der Waals surface area contributed by atoms with Crippen LogP contribution >= 0.6 is 11.8 Å². The lowest BCUT2D eigenvalue weighted by Gasteiger charge is -2.40. The first-order valence-electron chi connectivity index (χ1n) is 14.0. The summed E-state index contributed by atoms with van der Waals surface area (Å²) in [5, 5.41) is 10.3. The molecule has 4 aliphatic heterocycles. The Morgan fingerprint density at radius 3 is 2.31 bits per heavy atom. The zero-order valence-corrected chi connectivity index (χ0v) is 24.2. The quantitative estimate of drug-likeness (QED) is 0.522. The van der Waals surface area contributed by atoms with Gasteiger partial charge in [-0.2, -0.15) is 0 Å². The number of amides is 3. The second kappa shape index (κ2) is 10.3. The van der Waals surface area contributed by atoms with E-state index >= 15 is 0 Å². The highest BCUT2D eigenvalue weighted by atomic mass is 32.2. The van der Waals surface area contributed by atoms with Gasteiger partial charge in [-0.05, 0) is 58.4 Å². The first kappa shape index (κ1) is 27.8. The van der Waals surface area contributed by atoms with Crippen LogP contribution in [0.1, 0.15) is 41.0 Å². The second-order valence-corrected chi connectivity index (χ2v) is 13.0. The molecule has 3 amide bonds. The van der Waals surface area contributed by atoms with Gasteiger partial charge in [-0.15, -0.1) is 11.8 Å². The van der Waals surface area contributed by atoms with Gasteiger partial charge in [0.05, 0.1) is 35.8 Å². The number of carbonyl (C=O) groups excluding carboxylic acids is 3. The Bertz CT molecular complexity index is 1200. The molecule has 1 N–H and O–H groups in total. The second-order valence-electron chi connectivity index (χ2n) is 11.3. The van der Waals surface area contributed by atoms with E-state index in [-0.39, 0.29) is 30.4 Å². The minimum Gasteiger partial charge on any atom is -0.494 e. The molecule has 210 valence electrons. The zero-order chi connectivity index (χ0) is 28.1. The molecule has 1 aromatic rings. The molecule has 2 saturated heterocycles. The van der Waals surface area contributed by atoms with Crippen molar-refractivity contribution in [3.63, 3.8) is 0 Å². The molecule has 39 heavy (non-hydrogen) atoms. The summed E-state index contributed by atoms with van der Waals surface area (Å²) in [5.74, 6) is -1.14. The fourth-order valence-corrected chi connectivity index (χ4v) is 9.02. The van der Waals surface area contributed by atoms with E-state index in [1.165, 1.54) is 0 Å². The van der Waals surface area contributed by atoms with Crippen molar-refractivity contribution in [1.82, 2.24) is 9.80 Å². The van der Waals surface area contributed by atoms with Gasteiger partial charge in [-0.1, -0.05) is 31.2 Å². The Morgan fingerprint density at radius 1 is 1.00 bits per heavy atom. The number of hydrogen-bond donors (Lipinski definition) is 1. The first-order valence-corrected chi connectivity index (χ1v) is 14.8. The molecule has 5 rings (SSSR count). The van der Waals surface area contributed by atoms with E-state index in [0.29, 0.717) is 26.1 Å². The van der Waals surface area contributed by atoms with Crippen molar-refractivity contribution in [3.8, 4) is 5.75 Å². The molecule has 1 unspecified atom stereocenters. The largest absolute Gasteiger partial charge is 0.494 e. The third-order valence-electron chi connectivity index (χ3n) is 8.68. The van der Waals surface area contributed by atoms with Gasteiger partial charge >= 0.3 is 0 Å². The first-order chi connectivity index (χ1) is 18.6. The highest BCUT2D eigenvalue weighted by molar-refractivity contribution is 8.02. The van der Waals surface area contributed by atoms with Gasteiger partial charge in [0.2, 0.25) is 17.7 Å². The molecule has 0 aromatic heterocycles. The van der Waals surface area contributed by atoms with Crippen LogP contribution in [0, 0.1) is 11.8 Å². The molecule has 9 heteroatoms. The Labute approximate surface area is 235 Å². The Kier molecular flexibility index (Phi) is 7.35. The Hall–Kier alpha value is -2.78. The summed E-state index contributed by atoms with van der Waals surface area (Å²) >= 11 is 1.57. The number of carbonyl (C=O) groups is 3. The Morgan fingerprint density at radius 2 is 1.69 bits per heavy atom. The zero-order valence-electron chi connectivity index (χ0n) is 23.4. The average Bonchev–Trinajstić information content (AvgIpc) is 3.17. The number of fused-ring (bicyclic) bond motifs is 2. The predicted octanol–water partition coefficient (Wildman–Crippen LogP) is 3.25. The van der Waals surface area contributed by atoms with Crippen molar-refractivity contribution in [2.24, 2.45) is 11.8 Å². The van der Waals surface area contributed by atoms with E-state index in [9.17, 15) is 19.5 Å². The van der Waals surface area contributed by atoms with E-state index in [1.54, 1.807) is 26.5 Å². The molecule has 8 nitrogen and oxygen atoms in total. The number of thioether (sulfide) groups is 1. The van der Waals surface area contributed by atoms with Gasteiger partial charge in [-0.3, -0.25) is 14.4 Å². The van der Waals surface area contributed by atoms with Crippen LogP contribution in [0.3, 0.4) is 0 Å². The molecule has 0 bridgehead atoms. The molecule has 6 atom stereocenters. The van der Waals surface area contributed by atoms with Gasteiger partial charge in [0.25, 0.3) is 0 Å². The van der Waals surface area contributed by atoms with Crippen LogP contribution in [0.25, 0.3) is 0 Å². The van der Waals surface area contributed by atoms with Crippen molar-refractivity contribution in [2.75, 3.05) is 31.2 Å². The van der Waals surface area contributed by atoms with Gasteiger partial charge in [0.15, 0.2) is 0 Å². The van der Waals surface area contributed by atoms with Crippen LogP contribution < -0.4 is 9.64 Å². The van der Waals surface area contributed by atoms with Crippen molar-refractivity contribution in [2.45, 2.75) is 68.7 Å². The van der Waals surface area contributed by atoms with Crippen LogP contribution in [-0.4, -0.2) is 86.6 Å². The normalized spacial score (nSPS) is 32.7. The van der Waals surface area contributed by atoms with Crippen LogP contribution in [0.4, 0.5) is 5.69 Å². The number of aliphatic hydroxyl groups excluding tert-OH is 1. The summed E-state index contributed by atoms with van der Waals surface area (Å²) in [6, 6.07) is 6.11. The van der Waals surface area contributed by atoms with Gasteiger partial charge in [0, 0.05) is 29.6 Å². The van der Waals surface area contributed by atoms with Crippen LogP contribution in [0.5, 0.6) is 5.75 Å². The molecule has 0 radical (unpaired) electrons. The van der Waals surface area contributed by atoms with Crippen molar-refractivity contribution in [3.05, 3.63) is 48.6 Å². The molecule has 4 heterocycles. The summed E-state index contributed by atoms with van der Waals surface area (Å²) in [6.45, 7) is 11.0. The minimum absolute atomic E-state index is 0.0494. The lowest BCUT2D eigenvalue weighted by molar-refractivity contribution is -0.146. The third kappa shape index (κ3) is 4.20. The number of nitrogens with zero attached hydrogens (tertiary/aromatic N) is 3. The van der Waals surface area contributed by atoms with Gasteiger partial charge in [0.1, 0.15) is 11.8 Å². The van der Waals surface area contributed by atoms with E-state index in [0.717, 1.165) is 11.4 Å². The Balaban J connectivity index is 1.62. The van der Waals surface area contributed by atoms with Crippen molar-refractivity contribution < 1.29 is 24.2 Å². The summed E-state index contributed by atoms with van der Waals surface area (Å²) in [5.41, 5.74) is 0.738. The SMILES string of the molecule is CCOc1ccc(N2CC=C[C@]3(C)S[C@]45C=CCN(C(C)C)C(=O)C4N([C@@H](CC)CO)C(=O)[C@@H]5[C@@H]3C2=O)cc1. The van der Waals surface area contributed by atoms with E-state index < -0.39 is 33.4 Å². The number of aliphatic hydroxyl groups is 1. The maximum Gasteiger partial charge on any atom is 0.247 e. The molecule has 4 aliphatic rings. The number of likely N-dealkylation sites (tertiary alicyclic amines) is 1. The number of hydrogen-bond acceptors (Lipinski definition) is 6. The van der Waals surface area contributed by atoms with E-state index in [4.69, 9.17) is 4.74 Å². The standard InChI is InChI=1S/C30H39N3O5S/c1-6-20(18-34)33-25-28(37)31(19(3)4)16-9-15-30(25)24(27(33)36)23-26(35)32(17-8-14-29(23,5)39-30)21-10-12-22(13-11-21)38-7-2/h8-15,19-20,23-25,34H,6-7,16-18H2,1-5H3/t20-,23+,24-,25?,29-,30-/m0/s1. The summed E-state index contributed by atoms with van der Waals surface area (Å²) in [7, 11) is 0. The molecule has 0 saturated carbocycles. The highest BCUT2D eigenvalue weighted by Crippen LogP contribution is 2.66.